The highest BCUT2D eigenvalue weighted by atomic mass is 14.9. The second kappa shape index (κ2) is 8.46. The summed E-state index contributed by atoms with van der Waals surface area (Å²) in [4.78, 5) is 0. The van der Waals surface area contributed by atoms with Gasteiger partial charge < -0.3 is 5.32 Å². The van der Waals surface area contributed by atoms with Gasteiger partial charge in [0.05, 0.1) is 0 Å². The lowest BCUT2D eigenvalue weighted by molar-refractivity contribution is 0.403. The molecule has 2 rings (SSSR count). The van der Waals surface area contributed by atoms with Gasteiger partial charge in [0.2, 0.25) is 0 Å². The molecule has 0 aromatic heterocycles. The number of benzene rings is 1. The zero-order valence-corrected chi connectivity index (χ0v) is 13.3. The third kappa shape index (κ3) is 4.34. The first-order chi connectivity index (χ1) is 9.85. The van der Waals surface area contributed by atoms with Crippen LogP contribution in [0.5, 0.6) is 0 Å². The molecule has 1 nitrogen and oxygen atoms in total. The largest absolute Gasteiger partial charge is 0.316 e. The van der Waals surface area contributed by atoms with E-state index in [9.17, 15) is 0 Å². The number of hydrogen-bond donors (Lipinski definition) is 1. The van der Waals surface area contributed by atoms with E-state index >= 15 is 0 Å². The van der Waals surface area contributed by atoms with Gasteiger partial charge in [0.1, 0.15) is 0 Å². The second-order valence-electron chi connectivity index (χ2n) is 6.36. The summed E-state index contributed by atoms with van der Waals surface area (Å²) in [6.07, 6.45) is 9.40. The van der Waals surface area contributed by atoms with Crippen molar-refractivity contribution in [3.05, 3.63) is 35.4 Å². The lowest BCUT2D eigenvalue weighted by atomic mass is 9.83. The Kier molecular flexibility index (Phi) is 6.59. The van der Waals surface area contributed by atoms with Crippen LogP contribution in [0.1, 0.15) is 69.4 Å². The average Bonchev–Trinajstić information content (AvgIpc) is 2.51. The van der Waals surface area contributed by atoms with Crippen LogP contribution in [0.4, 0.5) is 0 Å². The van der Waals surface area contributed by atoms with Crippen molar-refractivity contribution in [3.8, 4) is 0 Å². The molecule has 1 aliphatic rings. The summed E-state index contributed by atoms with van der Waals surface area (Å²) < 4.78 is 0. The molecule has 0 spiro atoms. The van der Waals surface area contributed by atoms with Crippen molar-refractivity contribution in [1.29, 1.82) is 0 Å². The molecule has 1 N–H and O–H groups in total. The maximum absolute atomic E-state index is 3.76. The number of hydrogen-bond acceptors (Lipinski definition) is 1. The summed E-state index contributed by atoms with van der Waals surface area (Å²) in [7, 11) is 0. The molecule has 1 aliphatic carbocycles. The fraction of sp³-hybridized carbons (Fsp3) is 0.684. The molecule has 20 heavy (non-hydrogen) atoms. The lowest BCUT2D eigenvalue weighted by Gasteiger charge is -2.26. The maximum atomic E-state index is 3.76. The highest BCUT2D eigenvalue weighted by Gasteiger charge is 2.19. The van der Waals surface area contributed by atoms with Gasteiger partial charge in [0.25, 0.3) is 0 Å². The van der Waals surface area contributed by atoms with Gasteiger partial charge in [-0.1, -0.05) is 57.4 Å². The van der Waals surface area contributed by atoms with Crippen LogP contribution in [0.15, 0.2) is 24.3 Å². The molecule has 1 heteroatoms. The van der Waals surface area contributed by atoms with Crippen LogP contribution in [0.3, 0.4) is 0 Å². The number of nitrogens with one attached hydrogen (secondary N) is 1. The van der Waals surface area contributed by atoms with Crippen molar-refractivity contribution < 1.29 is 0 Å². The highest BCUT2D eigenvalue weighted by molar-refractivity contribution is 5.32. The molecule has 0 fully saturated rings. The van der Waals surface area contributed by atoms with E-state index < -0.39 is 0 Å². The number of rotatable bonds is 8. The molecule has 0 bridgehead atoms. The quantitative estimate of drug-likeness (QED) is 0.709. The van der Waals surface area contributed by atoms with Crippen LogP contribution in [-0.2, 0) is 6.42 Å². The first-order valence-electron chi connectivity index (χ1n) is 8.63. The monoisotopic (exact) mass is 273 g/mol. The molecule has 1 aromatic rings. The lowest BCUT2D eigenvalue weighted by Crippen LogP contribution is -2.28. The summed E-state index contributed by atoms with van der Waals surface area (Å²) in [5.41, 5.74) is 3.19. The molecule has 1 aromatic carbocycles. The van der Waals surface area contributed by atoms with Crippen molar-refractivity contribution >= 4 is 0 Å². The molecule has 112 valence electrons. The number of fused-ring (bicyclic) bond motifs is 1. The summed E-state index contributed by atoms with van der Waals surface area (Å²) in [6, 6.07) is 9.05. The Bertz CT molecular complexity index is 385. The molecule has 2 unspecified atom stereocenters. The van der Waals surface area contributed by atoms with Gasteiger partial charge in [0, 0.05) is 6.54 Å². The molecule has 0 saturated heterocycles. The van der Waals surface area contributed by atoms with E-state index in [0.717, 1.165) is 11.8 Å². The zero-order chi connectivity index (χ0) is 14.2. The van der Waals surface area contributed by atoms with E-state index in [4.69, 9.17) is 0 Å². The van der Waals surface area contributed by atoms with E-state index in [1.807, 2.05) is 0 Å². The molecule has 0 heterocycles. The van der Waals surface area contributed by atoms with Crippen LogP contribution in [-0.4, -0.2) is 13.1 Å². The predicted molar refractivity (Wildman–Crippen MR) is 88.3 cm³/mol. The number of aryl methyl sites for hydroxylation is 1. The van der Waals surface area contributed by atoms with Gasteiger partial charge in [-0.15, -0.1) is 0 Å². The fourth-order valence-corrected chi connectivity index (χ4v) is 3.47. The predicted octanol–water partition coefficient (Wildman–Crippen LogP) is 4.91. The van der Waals surface area contributed by atoms with E-state index in [0.29, 0.717) is 0 Å². The third-order valence-corrected chi connectivity index (χ3v) is 4.86. The van der Waals surface area contributed by atoms with Crippen LogP contribution in [0.25, 0.3) is 0 Å². The Morgan fingerprint density at radius 2 is 2.10 bits per heavy atom. The van der Waals surface area contributed by atoms with Crippen molar-refractivity contribution in [2.75, 3.05) is 13.1 Å². The summed E-state index contributed by atoms with van der Waals surface area (Å²) in [6.45, 7) is 6.99. The van der Waals surface area contributed by atoms with Gasteiger partial charge in [-0.05, 0) is 55.2 Å². The van der Waals surface area contributed by atoms with Crippen LogP contribution < -0.4 is 5.32 Å². The molecular weight excluding hydrogens is 242 g/mol. The van der Waals surface area contributed by atoms with Gasteiger partial charge in [-0.2, -0.15) is 0 Å². The Morgan fingerprint density at radius 1 is 1.25 bits per heavy atom. The van der Waals surface area contributed by atoms with Crippen LogP contribution in [0, 0.1) is 5.92 Å². The molecular formula is C19H31N. The minimum absolute atomic E-state index is 0.739. The van der Waals surface area contributed by atoms with E-state index in [2.05, 4.69) is 43.4 Å². The standard InChI is InChI=1S/C19H31N/c1-3-5-9-16(4-2)14-20-15-18-12-8-11-17-10-6-7-13-19(17)18/h6-7,10,13,16,18,20H,3-5,8-9,11-12,14-15H2,1-2H3. The first kappa shape index (κ1) is 15.6. The van der Waals surface area contributed by atoms with Crippen molar-refractivity contribution in [3.63, 3.8) is 0 Å². The van der Waals surface area contributed by atoms with E-state index in [1.165, 1.54) is 58.0 Å². The first-order valence-corrected chi connectivity index (χ1v) is 8.63. The van der Waals surface area contributed by atoms with Crippen LogP contribution in [0.2, 0.25) is 0 Å². The Balaban J connectivity index is 1.80. The Labute approximate surface area is 125 Å². The second-order valence-corrected chi connectivity index (χ2v) is 6.36. The SMILES string of the molecule is CCCCC(CC)CNCC1CCCc2ccccc21. The molecule has 0 saturated carbocycles. The normalized spacial score (nSPS) is 19.6. The summed E-state index contributed by atoms with van der Waals surface area (Å²) in [5, 5.41) is 3.76. The Morgan fingerprint density at radius 3 is 2.90 bits per heavy atom. The summed E-state index contributed by atoms with van der Waals surface area (Å²) in [5.74, 6) is 1.61. The smallest absolute Gasteiger partial charge is 0.00203 e. The Hall–Kier alpha value is -0.820. The highest BCUT2D eigenvalue weighted by Crippen LogP contribution is 2.30. The minimum Gasteiger partial charge on any atom is -0.316 e. The van der Waals surface area contributed by atoms with Gasteiger partial charge >= 0.3 is 0 Å². The van der Waals surface area contributed by atoms with Gasteiger partial charge in [-0.3, -0.25) is 0 Å². The van der Waals surface area contributed by atoms with E-state index in [-0.39, 0.29) is 0 Å². The van der Waals surface area contributed by atoms with Gasteiger partial charge in [-0.25, -0.2) is 0 Å². The summed E-state index contributed by atoms with van der Waals surface area (Å²) >= 11 is 0. The average molecular weight is 273 g/mol. The third-order valence-electron chi connectivity index (χ3n) is 4.86. The number of unbranched alkanes of at least 4 members (excludes halogenated alkanes) is 1. The molecule has 0 aliphatic heterocycles. The van der Waals surface area contributed by atoms with Crippen molar-refractivity contribution in [2.24, 2.45) is 5.92 Å². The molecule has 0 amide bonds. The topological polar surface area (TPSA) is 12.0 Å². The molecule has 0 radical (unpaired) electrons. The van der Waals surface area contributed by atoms with Crippen LogP contribution >= 0.6 is 0 Å². The van der Waals surface area contributed by atoms with Crippen molar-refractivity contribution in [2.45, 2.75) is 64.7 Å². The van der Waals surface area contributed by atoms with E-state index in [1.54, 1.807) is 11.1 Å². The minimum atomic E-state index is 0.739. The molecule has 2 atom stereocenters. The fourth-order valence-electron chi connectivity index (χ4n) is 3.47. The van der Waals surface area contributed by atoms with Crippen molar-refractivity contribution in [1.82, 2.24) is 5.32 Å². The zero-order valence-electron chi connectivity index (χ0n) is 13.3. The van der Waals surface area contributed by atoms with Gasteiger partial charge in [0.15, 0.2) is 0 Å². The maximum Gasteiger partial charge on any atom is 0.00203 e.